The van der Waals surface area contributed by atoms with E-state index >= 15 is 4.39 Å². The number of aryl methyl sites for hydroxylation is 1. The quantitative estimate of drug-likeness (QED) is 0.156. The Morgan fingerprint density at radius 3 is 2.77 bits per heavy atom. The topological polar surface area (TPSA) is 91.5 Å². The third kappa shape index (κ3) is 6.53. The van der Waals surface area contributed by atoms with Gasteiger partial charge >= 0.3 is 6.01 Å². The fourth-order valence-electron chi connectivity index (χ4n) is 9.88. The van der Waals surface area contributed by atoms with Gasteiger partial charge in [0, 0.05) is 69.1 Å². The van der Waals surface area contributed by atoms with Crippen LogP contribution in [0.1, 0.15) is 37.7 Å². The first kappa shape index (κ1) is 36.8. The van der Waals surface area contributed by atoms with Crippen molar-refractivity contribution in [1.82, 2.24) is 29.7 Å². The van der Waals surface area contributed by atoms with E-state index in [0.717, 1.165) is 50.8 Å². The monoisotopic (exact) mass is 766 g/mol. The molecule has 0 spiro atoms. The Hall–Kier alpha value is -4.84. The molecule has 2 aromatic heterocycles. The Bertz CT molecular complexity index is 2230. The number of carbonyl (C=O) groups excluding carboxylic acids is 1. The summed E-state index contributed by atoms with van der Waals surface area (Å²) >= 11 is 0. The van der Waals surface area contributed by atoms with Crippen molar-refractivity contribution < 1.29 is 27.4 Å². The molecule has 11 nitrogen and oxygen atoms in total. The summed E-state index contributed by atoms with van der Waals surface area (Å²) in [5.41, 5.74) is 0.335. The molecule has 5 aliphatic rings. The van der Waals surface area contributed by atoms with Crippen molar-refractivity contribution >= 4 is 33.4 Å². The molecule has 0 unspecified atom stereocenters. The van der Waals surface area contributed by atoms with Crippen LogP contribution in [-0.4, -0.2) is 131 Å². The van der Waals surface area contributed by atoms with Crippen LogP contribution in [0.3, 0.4) is 0 Å². The number of piperazine rings is 1. The number of rotatable bonds is 9. The minimum absolute atomic E-state index is 0.0159. The number of pyridine rings is 1. The van der Waals surface area contributed by atoms with Crippen molar-refractivity contribution in [2.45, 2.75) is 68.9 Å². The molecule has 56 heavy (non-hydrogen) atoms. The van der Waals surface area contributed by atoms with Gasteiger partial charge in [-0.1, -0.05) is 30.3 Å². The number of ether oxygens (including phenoxy) is 2. The summed E-state index contributed by atoms with van der Waals surface area (Å²) in [5, 5.41) is 1.65. The van der Waals surface area contributed by atoms with E-state index in [2.05, 4.69) is 24.6 Å². The Labute approximate surface area is 323 Å². The maximum atomic E-state index is 17.0. The third-order valence-electron chi connectivity index (χ3n) is 12.7. The van der Waals surface area contributed by atoms with Gasteiger partial charge in [0.15, 0.2) is 5.82 Å². The summed E-state index contributed by atoms with van der Waals surface area (Å²) in [6.45, 7) is 13.8. The number of nitrogens with zero attached hydrogens (tertiary/aromatic N) is 8. The fraction of sp³-hybridized carbons (Fsp3) is 0.500. The van der Waals surface area contributed by atoms with Crippen molar-refractivity contribution in [1.29, 1.82) is 0 Å². The summed E-state index contributed by atoms with van der Waals surface area (Å²) < 4.78 is 58.5. The Balaban J connectivity index is 1.04. The van der Waals surface area contributed by atoms with Crippen LogP contribution in [0.5, 0.6) is 6.01 Å². The van der Waals surface area contributed by atoms with Crippen LogP contribution >= 0.6 is 0 Å². The van der Waals surface area contributed by atoms with Crippen LogP contribution in [0.4, 0.5) is 19.0 Å². The van der Waals surface area contributed by atoms with Gasteiger partial charge in [0.25, 0.3) is 0 Å². The molecular weight excluding hydrogens is 722 g/mol. The molecule has 5 atom stereocenters. The average Bonchev–Trinajstić information content (AvgIpc) is 3.80. The number of hydrogen-bond donors (Lipinski definition) is 0. The molecule has 2 bridgehead atoms. The summed E-state index contributed by atoms with van der Waals surface area (Å²) in [4.78, 5) is 39.6. The molecule has 5 aliphatic heterocycles. The zero-order chi connectivity index (χ0) is 38.6. The SMILES string of the molecule is [C-]#[N+]C[C@H]1CN(c2nc(OC[C@@]34CCCN3C[C@H](F)C4)nc3c(F)c(-c4cccc5ccc(F)c(C)c45)ncc23)CCN1C(=O)/C=C/CN1[C@@H]2CC[C@H]1COC2. The molecule has 292 valence electrons. The van der Waals surface area contributed by atoms with E-state index in [-0.39, 0.29) is 42.8 Å². The molecule has 5 fully saturated rings. The van der Waals surface area contributed by atoms with Crippen LogP contribution in [0.2, 0.25) is 0 Å². The fourth-order valence-corrected chi connectivity index (χ4v) is 9.88. The van der Waals surface area contributed by atoms with Crippen LogP contribution < -0.4 is 9.64 Å². The number of hydrogen-bond acceptors (Lipinski definition) is 9. The second-order valence-electron chi connectivity index (χ2n) is 15.9. The standard InChI is InChI=1S/C42H45F3N8O3/c1-26-34(44)12-9-27-6-3-7-32(36(26)27)38-37(45)39-33(20-47-38)40(49-41(48-39)56-25-42-13-5-14-51(42)21-28(43)18-42)50-16-17-53(31(22-50)19-46-2)35(54)8-4-15-52-29-10-11-30(52)24-55-23-29/h3-4,6-9,12,20,28-31H,5,10-11,13-19,21-25H2,1H3/b8-4+/t28-,29-,30+,31+,42+/m1/s1. The van der Waals surface area contributed by atoms with Crippen molar-refractivity contribution in [3.05, 3.63) is 77.3 Å². The molecule has 5 saturated heterocycles. The predicted octanol–water partition coefficient (Wildman–Crippen LogP) is 5.74. The smallest absolute Gasteiger partial charge is 0.319 e. The number of alkyl halides is 1. The van der Waals surface area contributed by atoms with Gasteiger partial charge in [-0.3, -0.25) is 19.6 Å². The van der Waals surface area contributed by atoms with E-state index in [4.69, 9.17) is 21.0 Å². The van der Waals surface area contributed by atoms with Crippen LogP contribution in [0.15, 0.2) is 48.7 Å². The van der Waals surface area contributed by atoms with E-state index in [1.54, 1.807) is 36.1 Å². The highest BCUT2D eigenvalue weighted by Gasteiger charge is 2.49. The molecule has 0 radical (unpaired) electrons. The lowest BCUT2D eigenvalue weighted by molar-refractivity contribution is -0.128. The van der Waals surface area contributed by atoms with E-state index in [9.17, 15) is 13.6 Å². The minimum Gasteiger partial charge on any atom is -0.461 e. The van der Waals surface area contributed by atoms with E-state index < -0.39 is 29.4 Å². The van der Waals surface area contributed by atoms with Gasteiger partial charge in [-0.25, -0.2) is 19.7 Å². The lowest BCUT2D eigenvalue weighted by Gasteiger charge is -2.39. The average molecular weight is 767 g/mol. The van der Waals surface area contributed by atoms with Crippen molar-refractivity contribution in [3.63, 3.8) is 0 Å². The first-order valence-corrected chi connectivity index (χ1v) is 19.7. The molecule has 9 rings (SSSR count). The van der Waals surface area contributed by atoms with Crippen molar-refractivity contribution in [2.75, 3.05) is 70.5 Å². The second kappa shape index (κ2) is 14.9. The predicted molar refractivity (Wildman–Crippen MR) is 206 cm³/mol. The van der Waals surface area contributed by atoms with Crippen molar-refractivity contribution in [2.24, 2.45) is 0 Å². The largest absolute Gasteiger partial charge is 0.461 e. The Kier molecular flexibility index (Phi) is 9.79. The summed E-state index contributed by atoms with van der Waals surface area (Å²) in [7, 11) is 0. The number of carbonyl (C=O) groups is 1. The number of fused-ring (bicyclic) bond motifs is 5. The highest BCUT2D eigenvalue weighted by Crippen LogP contribution is 2.41. The van der Waals surface area contributed by atoms with Gasteiger partial charge in [0.1, 0.15) is 41.7 Å². The first-order chi connectivity index (χ1) is 27.2. The Morgan fingerprint density at radius 2 is 1.95 bits per heavy atom. The molecule has 4 aromatic rings. The molecule has 0 saturated carbocycles. The van der Waals surface area contributed by atoms with Crippen molar-refractivity contribution in [3.8, 4) is 17.3 Å². The molecule has 0 aliphatic carbocycles. The summed E-state index contributed by atoms with van der Waals surface area (Å²) in [5.74, 6) is -0.889. The van der Waals surface area contributed by atoms with Crippen LogP contribution in [-0.2, 0) is 9.53 Å². The molecule has 7 heterocycles. The molecule has 0 N–H and O–H groups in total. The molecular formula is C42H45F3N8O3. The van der Waals surface area contributed by atoms with Gasteiger partial charge in [-0.05, 0) is 61.6 Å². The number of benzene rings is 2. The maximum Gasteiger partial charge on any atom is 0.319 e. The van der Waals surface area contributed by atoms with E-state index in [1.807, 2.05) is 17.0 Å². The van der Waals surface area contributed by atoms with Gasteiger partial charge in [0.05, 0.1) is 24.1 Å². The number of morpholine rings is 1. The van der Waals surface area contributed by atoms with E-state index in [0.29, 0.717) is 72.4 Å². The molecule has 14 heteroatoms. The maximum absolute atomic E-state index is 17.0. The first-order valence-electron chi connectivity index (χ1n) is 19.7. The van der Waals surface area contributed by atoms with Gasteiger partial charge in [-0.2, -0.15) is 9.97 Å². The normalized spacial score (nSPS) is 26.8. The number of halogens is 3. The van der Waals surface area contributed by atoms with Crippen LogP contribution in [0, 0.1) is 25.1 Å². The van der Waals surface area contributed by atoms with Gasteiger partial charge in [-0.15, -0.1) is 0 Å². The number of amides is 1. The van der Waals surface area contributed by atoms with Gasteiger partial charge in [0.2, 0.25) is 12.5 Å². The molecule has 2 aromatic carbocycles. The Morgan fingerprint density at radius 1 is 1.11 bits per heavy atom. The van der Waals surface area contributed by atoms with Gasteiger partial charge < -0.3 is 24.1 Å². The highest BCUT2D eigenvalue weighted by atomic mass is 19.1. The second-order valence-corrected chi connectivity index (χ2v) is 15.9. The summed E-state index contributed by atoms with van der Waals surface area (Å²) in [6.07, 6.45) is 8.39. The zero-order valence-electron chi connectivity index (χ0n) is 31.5. The minimum atomic E-state index is -0.949. The molecule has 1 amide bonds. The number of anilines is 1. The van der Waals surface area contributed by atoms with Crippen LogP contribution in [0.25, 0.3) is 37.8 Å². The zero-order valence-corrected chi connectivity index (χ0v) is 31.5. The highest BCUT2D eigenvalue weighted by molar-refractivity contribution is 6.00. The van der Waals surface area contributed by atoms with E-state index in [1.165, 1.54) is 12.3 Å². The summed E-state index contributed by atoms with van der Waals surface area (Å²) in [6, 6.07) is 8.68. The lowest BCUT2D eigenvalue weighted by Crippen LogP contribution is -2.56. The number of aromatic nitrogens is 3. The lowest BCUT2D eigenvalue weighted by atomic mass is 9.95. The third-order valence-corrected chi connectivity index (χ3v) is 12.7.